The topological polar surface area (TPSA) is 78.7 Å². The Balaban J connectivity index is 0.00000392. The van der Waals surface area contributed by atoms with Gasteiger partial charge >= 0.3 is 0 Å². The minimum absolute atomic E-state index is 0. The number of halogens is 2. The van der Waals surface area contributed by atoms with Gasteiger partial charge in [0.15, 0.2) is 0 Å². The Morgan fingerprint density at radius 1 is 1.17 bits per heavy atom. The third-order valence-corrected chi connectivity index (χ3v) is 5.15. The summed E-state index contributed by atoms with van der Waals surface area (Å²) in [5.74, 6) is 0.00766. The molecule has 1 atom stereocenters. The third-order valence-electron chi connectivity index (χ3n) is 5.15. The van der Waals surface area contributed by atoms with Gasteiger partial charge in [-0.15, -0.1) is 24.8 Å². The molecular weight excluding hydrogens is 411 g/mol. The third kappa shape index (κ3) is 8.03. The van der Waals surface area contributed by atoms with Crippen molar-refractivity contribution < 1.29 is 9.59 Å². The molecule has 0 radical (unpaired) electrons. The van der Waals surface area contributed by atoms with Crippen LogP contribution in [0.3, 0.4) is 0 Å². The number of likely N-dealkylation sites (tertiary alicyclic amines) is 1. The molecular formula is C21H36Cl2N4O2. The number of nitrogens with zero attached hydrogens (tertiary/aromatic N) is 2. The van der Waals surface area contributed by atoms with E-state index in [1.807, 2.05) is 29.2 Å². The number of anilines is 1. The second-order valence-electron chi connectivity index (χ2n) is 7.12. The van der Waals surface area contributed by atoms with Crippen molar-refractivity contribution in [1.82, 2.24) is 10.2 Å². The lowest BCUT2D eigenvalue weighted by Crippen LogP contribution is -2.49. The second kappa shape index (κ2) is 14.5. The van der Waals surface area contributed by atoms with Crippen molar-refractivity contribution in [2.45, 2.75) is 52.0 Å². The lowest BCUT2D eigenvalue weighted by molar-refractivity contribution is -0.121. The van der Waals surface area contributed by atoms with Gasteiger partial charge in [0.2, 0.25) is 5.91 Å². The Labute approximate surface area is 187 Å². The zero-order chi connectivity index (χ0) is 19.6. The summed E-state index contributed by atoms with van der Waals surface area (Å²) in [6.45, 7) is 7.88. The van der Waals surface area contributed by atoms with Crippen molar-refractivity contribution in [3.8, 4) is 0 Å². The molecule has 6 nitrogen and oxygen atoms in total. The van der Waals surface area contributed by atoms with Gasteiger partial charge in [-0.05, 0) is 56.9 Å². The minimum atomic E-state index is -0.0459. The van der Waals surface area contributed by atoms with E-state index in [1.54, 1.807) is 0 Å². The van der Waals surface area contributed by atoms with E-state index in [2.05, 4.69) is 24.1 Å². The van der Waals surface area contributed by atoms with Crippen LogP contribution in [0.25, 0.3) is 0 Å². The summed E-state index contributed by atoms with van der Waals surface area (Å²) in [4.78, 5) is 29.0. The molecule has 2 rings (SSSR count). The highest BCUT2D eigenvalue weighted by Crippen LogP contribution is 2.21. The molecule has 1 heterocycles. The molecule has 1 fully saturated rings. The minimum Gasteiger partial charge on any atom is -0.372 e. The number of nitrogens with two attached hydrogens (primary N) is 1. The van der Waals surface area contributed by atoms with Crippen LogP contribution in [0.4, 0.5) is 5.69 Å². The van der Waals surface area contributed by atoms with E-state index in [0.29, 0.717) is 25.1 Å². The zero-order valence-electron chi connectivity index (χ0n) is 17.6. The summed E-state index contributed by atoms with van der Waals surface area (Å²) >= 11 is 0. The van der Waals surface area contributed by atoms with Crippen LogP contribution in [0.5, 0.6) is 0 Å². The first-order valence-corrected chi connectivity index (χ1v) is 10.2. The summed E-state index contributed by atoms with van der Waals surface area (Å²) in [7, 11) is 0. The quantitative estimate of drug-likeness (QED) is 0.609. The first kappa shape index (κ1) is 27.5. The molecule has 0 aromatic heterocycles. The number of carbonyl (C=O) groups is 2. The molecule has 8 heteroatoms. The van der Waals surface area contributed by atoms with Gasteiger partial charge in [-0.25, -0.2) is 0 Å². The van der Waals surface area contributed by atoms with Gasteiger partial charge < -0.3 is 20.9 Å². The molecule has 1 aliphatic rings. The summed E-state index contributed by atoms with van der Waals surface area (Å²) in [5, 5.41) is 2.92. The molecule has 0 bridgehead atoms. The number of benzene rings is 1. The van der Waals surface area contributed by atoms with Crippen molar-refractivity contribution >= 4 is 42.3 Å². The Hall–Kier alpha value is -1.50. The average molecular weight is 447 g/mol. The zero-order valence-corrected chi connectivity index (χ0v) is 19.2. The van der Waals surface area contributed by atoms with Crippen LogP contribution in [0, 0.1) is 0 Å². The van der Waals surface area contributed by atoms with Gasteiger partial charge in [-0.3, -0.25) is 9.59 Å². The fourth-order valence-corrected chi connectivity index (χ4v) is 3.65. The van der Waals surface area contributed by atoms with Crippen LogP contribution in [0.1, 0.15) is 56.3 Å². The van der Waals surface area contributed by atoms with Crippen LogP contribution in [-0.2, 0) is 4.79 Å². The number of carbonyl (C=O) groups excluding carboxylic acids is 2. The van der Waals surface area contributed by atoms with Crippen LogP contribution in [-0.4, -0.2) is 55.5 Å². The summed E-state index contributed by atoms with van der Waals surface area (Å²) in [6.07, 6.45) is 4.44. The number of amides is 2. The lowest BCUT2D eigenvalue weighted by Gasteiger charge is -2.36. The molecule has 0 saturated carbocycles. The van der Waals surface area contributed by atoms with Gasteiger partial charge in [-0.1, -0.05) is 6.92 Å². The van der Waals surface area contributed by atoms with E-state index in [9.17, 15) is 9.59 Å². The molecule has 29 heavy (non-hydrogen) atoms. The van der Waals surface area contributed by atoms with Gasteiger partial charge in [-0.2, -0.15) is 0 Å². The Morgan fingerprint density at radius 3 is 2.45 bits per heavy atom. The molecule has 1 aliphatic heterocycles. The maximum atomic E-state index is 13.0. The highest BCUT2D eigenvalue weighted by Gasteiger charge is 2.27. The monoisotopic (exact) mass is 446 g/mol. The largest absolute Gasteiger partial charge is 0.372 e. The van der Waals surface area contributed by atoms with Crippen LogP contribution >= 0.6 is 24.8 Å². The summed E-state index contributed by atoms with van der Waals surface area (Å²) in [6, 6.07) is 7.98. The van der Waals surface area contributed by atoms with E-state index in [-0.39, 0.29) is 42.7 Å². The number of piperidine rings is 1. The smallest absolute Gasteiger partial charge is 0.254 e. The number of nitrogens with one attached hydrogen (secondary N) is 1. The maximum Gasteiger partial charge on any atom is 0.254 e. The Kier molecular flexibility index (Phi) is 13.7. The maximum absolute atomic E-state index is 13.0. The second-order valence-corrected chi connectivity index (χ2v) is 7.12. The van der Waals surface area contributed by atoms with Crippen molar-refractivity contribution in [3.05, 3.63) is 29.8 Å². The van der Waals surface area contributed by atoms with Gasteiger partial charge in [0, 0.05) is 56.4 Å². The first-order chi connectivity index (χ1) is 13.1. The average Bonchev–Trinajstić information content (AvgIpc) is 2.70. The fraction of sp³-hybridized carbons (Fsp3) is 0.619. The molecule has 1 unspecified atom stereocenters. The number of rotatable bonds is 9. The molecule has 2 amide bonds. The van der Waals surface area contributed by atoms with Crippen LogP contribution in [0.2, 0.25) is 0 Å². The van der Waals surface area contributed by atoms with Crippen molar-refractivity contribution in [3.63, 3.8) is 0 Å². The van der Waals surface area contributed by atoms with Crippen molar-refractivity contribution in [1.29, 1.82) is 0 Å². The molecule has 1 saturated heterocycles. The van der Waals surface area contributed by atoms with E-state index in [0.717, 1.165) is 51.0 Å². The first-order valence-electron chi connectivity index (χ1n) is 10.2. The highest BCUT2D eigenvalue weighted by molar-refractivity contribution is 5.95. The van der Waals surface area contributed by atoms with Gasteiger partial charge in [0.1, 0.15) is 0 Å². The predicted molar refractivity (Wildman–Crippen MR) is 124 cm³/mol. The van der Waals surface area contributed by atoms with Crippen LogP contribution in [0.15, 0.2) is 24.3 Å². The Bertz CT molecular complexity index is 613. The lowest BCUT2D eigenvalue weighted by atomic mass is 10.0. The molecule has 0 spiro atoms. The molecule has 0 aliphatic carbocycles. The van der Waals surface area contributed by atoms with E-state index >= 15 is 0 Å². The van der Waals surface area contributed by atoms with Crippen molar-refractivity contribution in [2.75, 3.05) is 37.6 Å². The van der Waals surface area contributed by atoms with E-state index in [1.165, 1.54) is 0 Å². The molecule has 3 N–H and O–H groups in total. The SMILES string of the molecule is CCCN(CC)c1ccc(C(=O)N2CCCCC2CNC(=O)CCN)cc1.Cl.Cl. The van der Waals surface area contributed by atoms with E-state index in [4.69, 9.17) is 5.73 Å². The van der Waals surface area contributed by atoms with Gasteiger partial charge in [0.05, 0.1) is 0 Å². The highest BCUT2D eigenvalue weighted by atomic mass is 35.5. The number of hydrogen-bond acceptors (Lipinski definition) is 4. The van der Waals surface area contributed by atoms with Gasteiger partial charge in [0.25, 0.3) is 5.91 Å². The fourth-order valence-electron chi connectivity index (χ4n) is 3.65. The molecule has 166 valence electrons. The Morgan fingerprint density at radius 2 is 1.86 bits per heavy atom. The normalized spacial score (nSPS) is 15.7. The van der Waals surface area contributed by atoms with Crippen molar-refractivity contribution in [2.24, 2.45) is 5.73 Å². The molecule has 1 aromatic carbocycles. The predicted octanol–water partition coefficient (Wildman–Crippen LogP) is 3.23. The van der Waals surface area contributed by atoms with E-state index < -0.39 is 0 Å². The summed E-state index contributed by atoms with van der Waals surface area (Å²) in [5.41, 5.74) is 7.29. The summed E-state index contributed by atoms with van der Waals surface area (Å²) < 4.78 is 0. The molecule has 1 aromatic rings. The standard InChI is InChI=1S/C21H34N4O2.2ClH/c1-3-14-24(4-2)18-10-8-17(9-11-18)21(27)25-15-6-5-7-19(25)16-23-20(26)12-13-22;;/h8-11,19H,3-7,12-16,22H2,1-2H3,(H,23,26);2*1H. The number of hydrogen-bond donors (Lipinski definition) is 2. The van der Waals surface area contributed by atoms with Crippen LogP contribution < -0.4 is 16.0 Å².